The molecule has 0 bridgehead atoms. The van der Waals surface area contributed by atoms with Crippen LogP contribution in [0.2, 0.25) is 0 Å². The van der Waals surface area contributed by atoms with Gasteiger partial charge in [-0.05, 0) is 136 Å². The van der Waals surface area contributed by atoms with Crippen LogP contribution in [0.4, 0.5) is 28.4 Å². The quantitative estimate of drug-likeness (QED) is 0.0648. The van der Waals surface area contributed by atoms with Crippen molar-refractivity contribution >= 4 is 28.4 Å². The van der Waals surface area contributed by atoms with Gasteiger partial charge in [-0.25, -0.2) is 0 Å². The number of hydrogen-bond acceptors (Lipinski definition) is 2. The first kappa shape index (κ1) is 41.1. The van der Waals surface area contributed by atoms with E-state index in [1.54, 1.807) is 0 Å². The van der Waals surface area contributed by atoms with Crippen molar-refractivity contribution in [3.05, 3.63) is 283 Å². The van der Waals surface area contributed by atoms with E-state index in [2.05, 4.69) is 254 Å². The summed E-state index contributed by atoms with van der Waals surface area (Å²) in [5.74, 6) is 0. The topological polar surface area (TPSA) is 6.48 Å². The lowest BCUT2D eigenvalue weighted by atomic mass is 9.67. The Kier molecular flexibility index (Phi) is 11.4. The first-order chi connectivity index (χ1) is 32.1. The number of para-hydroxylation sites is 2. The van der Waals surface area contributed by atoms with Crippen LogP contribution in [0.1, 0.15) is 42.0 Å². The van der Waals surface area contributed by atoms with Crippen LogP contribution in [0, 0.1) is 0 Å². The second kappa shape index (κ2) is 18.0. The van der Waals surface area contributed by atoms with E-state index < -0.39 is 5.41 Å². The van der Waals surface area contributed by atoms with Crippen molar-refractivity contribution in [3.8, 4) is 33.4 Å². The number of anilines is 5. The third-order valence-corrected chi connectivity index (χ3v) is 13.0. The molecule has 0 N–H and O–H groups in total. The van der Waals surface area contributed by atoms with E-state index in [0.717, 1.165) is 36.3 Å². The predicted molar refractivity (Wildman–Crippen MR) is 277 cm³/mol. The zero-order chi connectivity index (χ0) is 44.2. The van der Waals surface area contributed by atoms with Gasteiger partial charge in [0, 0.05) is 40.4 Å². The average molecular weight is 837 g/mol. The van der Waals surface area contributed by atoms with Gasteiger partial charge in [0.25, 0.3) is 0 Å². The number of benzene rings is 8. The highest BCUT2D eigenvalue weighted by molar-refractivity contribution is 5.94. The largest absolute Gasteiger partial charge is 0.313 e. The third kappa shape index (κ3) is 7.37. The van der Waals surface area contributed by atoms with Gasteiger partial charge in [-0.15, -0.1) is 6.58 Å². The van der Waals surface area contributed by atoms with Gasteiger partial charge in [0.2, 0.25) is 0 Å². The van der Waals surface area contributed by atoms with Crippen LogP contribution in [-0.4, -0.2) is 0 Å². The fourth-order valence-electron chi connectivity index (χ4n) is 10.2. The number of allylic oxidation sites excluding steroid dienone is 8. The number of hydrogen-bond donors (Lipinski definition) is 0. The van der Waals surface area contributed by atoms with Crippen LogP contribution in [0.25, 0.3) is 33.4 Å². The van der Waals surface area contributed by atoms with E-state index in [0.29, 0.717) is 0 Å². The van der Waals surface area contributed by atoms with E-state index in [-0.39, 0.29) is 0 Å². The summed E-state index contributed by atoms with van der Waals surface area (Å²) in [5.41, 5.74) is 20.1. The van der Waals surface area contributed by atoms with Gasteiger partial charge in [-0.1, -0.05) is 183 Å². The molecule has 0 fully saturated rings. The van der Waals surface area contributed by atoms with Crippen molar-refractivity contribution < 1.29 is 0 Å². The highest BCUT2D eigenvalue weighted by atomic mass is 15.2. The minimum Gasteiger partial charge on any atom is -0.313 e. The van der Waals surface area contributed by atoms with Crippen molar-refractivity contribution in [2.45, 2.75) is 31.6 Å². The van der Waals surface area contributed by atoms with E-state index in [1.165, 1.54) is 78.3 Å². The summed E-state index contributed by atoms with van der Waals surface area (Å²) in [5, 5.41) is 0. The highest BCUT2D eigenvalue weighted by Gasteiger charge is 2.46. The Hall–Kier alpha value is -7.94. The summed E-state index contributed by atoms with van der Waals surface area (Å²) in [6.07, 6.45) is 15.6. The van der Waals surface area contributed by atoms with Gasteiger partial charge in [-0.2, -0.15) is 0 Å². The lowest BCUT2D eigenvalue weighted by Gasteiger charge is -2.35. The maximum absolute atomic E-state index is 4.05. The normalized spacial score (nSPS) is 15.7. The van der Waals surface area contributed by atoms with Crippen LogP contribution in [0.5, 0.6) is 0 Å². The molecule has 1 atom stereocenters. The number of rotatable bonds is 13. The maximum Gasteiger partial charge on any atom is 0.0711 e. The molecule has 8 aromatic rings. The molecular formula is C63H52N2. The average Bonchev–Trinajstić information content (AvgIpc) is 3.89. The Morgan fingerprint density at radius 3 is 1.91 bits per heavy atom. The monoisotopic (exact) mass is 836 g/mol. The van der Waals surface area contributed by atoms with Crippen molar-refractivity contribution in [2.24, 2.45) is 0 Å². The molecule has 8 aromatic carbocycles. The van der Waals surface area contributed by atoms with E-state index >= 15 is 0 Å². The standard InChI is InChI=1S/C63H52N2/c1-4-7-13-33-55-43-49-42-48(46-24-14-9-15-25-46)44-59(62(49)65(55)53-31-20-12-21-32-53)47-36-38-54(39-37-47)64(52-29-18-11-19-30-52)56-40-41-58-57-34-22-23-35-60(57)63(61(58)45-56,50(6-3)26-8-5-2)51-27-16-10-17-28-51/h4-6,8-12,14-42,44-45H,1-2,7,13,43H2,3H3/b26-8-,50-6+,55-33+. The molecule has 0 amide bonds. The minimum atomic E-state index is -0.544. The molecule has 0 radical (unpaired) electrons. The Labute approximate surface area is 384 Å². The van der Waals surface area contributed by atoms with Crippen molar-refractivity contribution in [1.29, 1.82) is 0 Å². The molecule has 65 heavy (non-hydrogen) atoms. The lowest BCUT2D eigenvalue weighted by molar-refractivity contribution is 0.765. The zero-order valence-corrected chi connectivity index (χ0v) is 36.9. The molecule has 1 heterocycles. The Balaban J connectivity index is 1.14. The van der Waals surface area contributed by atoms with Crippen LogP contribution in [-0.2, 0) is 11.8 Å². The smallest absolute Gasteiger partial charge is 0.0711 e. The van der Waals surface area contributed by atoms with Crippen LogP contribution in [0.3, 0.4) is 0 Å². The van der Waals surface area contributed by atoms with Crippen molar-refractivity contribution in [1.82, 2.24) is 0 Å². The molecule has 0 aromatic heterocycles. The van der Waals surface area contributed by atoms with Gasteiger partial charge < -0.3 is 9.80 Å². The second-order valence-electron chi connectivity index (χ2n) is 16.8. The number of fused-ring (bicyclic) bond motifs is 4. The SMILES string of the molecule is C=C/C=C\C(=C/C)C1(c2ccccc2)c2ccccc2-c2ccc(N(c3ccccc3)c3ccc(-c4cc(-c5ccccc5)cc5c4N(c4ccccc4)/C(=C/CCC=C)C5)cc3)cc21. The molecular weight excluding hydrogens is 785 g/mol. The van der Waals surface area contributed by atoms with Crippen LogP contribution in [0.15, 0.2) is 261 Å². The Morgan fingerprint density at radius 2 is 1.20 bits per heavy atom. The lowest BCUT2D eigenvalue weighted by Crippen LogP contribution is -2.29. The van der Waals surface area contributed by atoms with Crippen LogP contribution >= 0.6 is 0 Å². The zero-order valence-electron chi connectivity index (χ0n) is 36.9. The minimum absolute atomic E-state index is 0.544. The second-order valence-corrected chi connectivity index (χ2v) is 16.8. The summed E-state index contributed by atoms with van der Waals surface area (Å²) in [4.78, 5) is 4.89. The fraction of sp³-hybridized carbons (Fsp3) is 0.0794. The van der Waals surface area contributed by atoms with Gasteiger partial charge in [-0.3, -0.25) is 0 Å². The van der Waals surface area contributed by atoms with Gasteiger partial charge >= 0.3 is 0 Å². The molecule has 2 nitrogen and oxygen atoms in total. The molecule has 2 heteroatoms. The molecule has 0 spiro atoms. The third-order valence-electron chi connectivity index (χ3n) is 13.0. The van der Waals surface area contributed by atoms with E-state index in [1.807, 2.05) is 12.2 Å². The summed E-state index contributed by atoms with van der Waals surface area (Å²) in [7, 11) is 0. The molecule has 0 saturated carbocycles. The summed E-state index contributed by atoms with van der Waals surface area (Å²) < 4.78 is 0. The van der Waals surface area contributed by atoms with Crippen molar-refractivity contribution in [3.63, 3.8) is 0 Å². The van der Waals surface area contributed by atoms with Crippen LogP contribution < -0.4 is 9.80 Å². The van der Waals surface area contributed by atoms with Gasteiger partial charge in [0.05, 0.1) is 11.1 Å². The molecule has 10 rings (SSSR count). The number of unbranched alkanes of at least 4 members (excludes halogenated alkanes) is 1. The highest BCUT2D eigenvalue weighted by Crippen LogP contribution is 2.58. The Morgan fingerprint density at radius 1 is 0.569 bits per heavy atom. The first-order valence-corrected chi connectivity index (χ1v) is 22.7. The molecule has 314 valence electrons. The molecule has 1 unspecified atom stereocenters. The maximum atomic E-state index is 4.05. The summed E-state index contributed by atoms with van der Waals surface area (Å²) in [6, 6.07) is 73.3. The fourth-order valence-corrected chi connectivity index (χ4v) is 10.2. The van der Waals surface area contributed by atoms with Gasteiger partial charge in [0.1, 0.15) is 0 Å². The summed E-state index contributed by atoms with van der Waals surface area (Å²) >= 11 is 0. The molecule has 0 saturated heterocycles. The molecule has 1 aliphatic carbocycles. The van der Waals surface area contributed by atoms with E-state index in [9.17, 15) is 0 Å². The Bertz CT molecular complexity index is 3090. The van der Waals surface area contributed by atoms with E-state index in [4.69, 9.17) is 0 Å². The summed E-state index contributed by atoms with van der Waals surface area (Å²) in [6.45, 7) is 10.2. The molecule has 1 aliphatic heterocycles. The molecule has 2 aliphatic rings. The number of nitrogens with zero attached hydrogens (tertiary/aromatic N) is 2. The first-order valence-electron chi connectivity index (χ1n) is 22.7. The predicted octanol–water partition coefficient (Wildman–Crippen LogP) is 17.0. The van der Waals surface area contributed by atoms with Crippen molar-refractivity contribution in [2.75, 3.05) is 9.80 Å². The van der Waals surface area contributed by atoms with Gasteiger partial charge in [0.15, 0.2) is 0 Å².